The van der Waals surface area contributed by atoms with Crippen molar-refractivity contribution in [3.05, 3.63) is 0 Å². The molecule has 0 unspecified atom stereocenters. The Bertz CT molecular complexity index is 293. The van der Waals surface area contributed by atoms with Gasteiger partial charge >= 0.3 is 6.03 Å². The van der Waals surface area contributed by atoms with Crippen LogP contribution in [0.4, 0.5) is 4.79 Å². The number of nitrogens with one attached hydrogen (secondary N) is 2. The summed E-state index contributed by atoms with van der Waals surface area (Å²) in [6.07, 6.45) is 2.67. The molecule has 5 nitrogen and oxygen atoms in total. The average Bonchev–Trinajstić information content (AvgIpc) is 2.45. The third-order valence-corrected chi connectivity index (χ3v) is 4.18. The van der Waals surface area contributed by atoms with Gasteiger partial charge in [-0.3, -0.25) is 0 Å². The minimum atomic E-state index is -0.162. The molecule has 0 rings (SSSR count). The topological polar surface area (TPSA) is 76.4 Å². The van der Waals surface area contributed by atoms with E-state index in [2.05, 4.69) is 22.5 Å². The summed E-state index contributed by atoms with van der Waals surface area (Å²) < 4.78 is 5.43. The number of unbranched alkanes of at least 4 members (excludes halogenated alkanes) is 1. The van der Waals surface area contributed by atoms with Crippen LogP contribution in [0.15, 0.2) is 0 Å². The quantitative estimate of drug-likeness (QED) is 0.234. The lowest BCUT2D eigenvalue weighted by Gasteiger charge is -2.06. The number of urea groups is 1. The Balaban J connectivity index is 3.17. The van der Waals surface area contributed by atoms with Crippen molar-refractivity contribution in [2.75, 3.05) is 37.9 Å². The van der Waals surface area contributed by atoms with Crippen molar-refractivity contribution in [3.63, 3.8) is 0 Å². The van der Waals surface area contributed by atoms with E-state index in [1.165, 1.54) is 0 Å². The van der Waals surface area contributed by atoms with Gasteiger partial charge in [0.1, 0.15) is 5.94 Å². The summed E-state index contributed by atoms with van der Waals surface area (Å²) in [7, 11) is 3.41. The van der Waals surface area contributed by atoms with Gasteiger partial charge in [-0.15, -0.1) is 5.92 Å². The SMILES string of the molecule is CCC#CCNC(=O)NCCCCOCSSCCN. The molecule has 0 atom stereocenters. The predicted octanol–water partition coefficient (Wildman–Crippen LogP) is 1.79. The van der Waals surface area contributed by atoms with Gasteiger partial charge in [0.15, 0.2) is 0 Å². The van der Waals surface area contributed by atoms with Gasteiger partial charge in [0.05, 0.1) is 6.54 Å². The highest BCUT2D eigenvalue weighted by Crippen LogP contribution is 2.19. The lowest BCUT2D eigenvalue weighted by Crippen LogP contribution is -2.36. The zero-order valence-corrected chi connectivity index (χ0v) is 13.7. The number of rotatable bonds is 11. The van der Waals surface area contributed by atoms with Gasteiger partial charge in [-0.05, 0) is 12.8 Å². The average molecular weight is 319 g/mol. The summed E-state index contributed by atoms with van der Waals surface area (Å²) in [5, 5.41) is 5.46. The Morgan fingerprint density at radius 2 is 2.10 bits per heavy atom. The van der Waals surface area contributed by atoms with E-state index < -0.39 is 0 Å². The van der Waals surface area contributed by atoms with Crippen LogP contribution in [-0.4, -0.2) is 44.0 Å². The van der Waals surface area contributed by atoms with Gasteiger partial charge in [0.2, 0.25) is 0 Å². The lowest BCUT2D eigenvalue weighted by molar-refractivity contribution is 0.178. The molecule has 0 bridgehead atoms. The number of hydrogen-bond donors (Lipinski definition) is 3. The maximum atomic E-state index is 11.3. The van der Waals surface area contributed by atoms with Gasteiger partial charge in [-0.1, -0.05) is 34.4 Å². The van der Waals surface area contributed by atoms with Crippen molar-refractivity contribution < 1.29 is 9.53 Å². The molecule has 0 saturated heterocycles. The normalized spacial score (nSPS) is 9.70. The van der Waals surface area contributed by atoms with Gasteiger partial charge in [0, 0.05) is 31.9 Å². The maximum Gasteiger partial charge on any atom is 0.315 e. The Morgan fingerprint density at radius 1 is 1.25 bits per heavy atom. The van der Waals surface area contributed by atoms with Crippen molar-refractivity contribution in [2.45, 2.75) is 26.2 Å². The van der Waals surface area contributed by atoms with Crippen molar-refractivity contribution in [1.82, 2.24) is 10.6 Å². The van der Waals surface area contributed by atoms with Gasteiger partial charge < -0.3 is 21.1 Å². The molecule has 0 aromatic carbocycles. The third kappa shape index (κ3) is 15.5. The van der Waals surface area contributed by atoms with Crippen LogP contribution in [0, 0.1) is 11.8 Å². The maximum absolute atomic E-state index is 11.3. The van der Waals surface area contributed by atoms with Gasteiger partial charge in [-0.25, -0.2) is 4.79 Å². The standard InChI is InChI=1S/C13H25N3O2S2/c1-2-3-4-8-15-13(17)16-9-5-6-10-18-12-20-19-11-7-14/h2,5-12,14H2,1H3,(H2,15,16,17). The molecule has 20 heavy (non-hydrogen) atoms. The Labute approximate surface area is 129 Å². The van der Waals surface area contributed by atoms with Gasteiger partial charge in [-0.2, -0.15) is 0 Å². The summed E-state index contributed by atoms with van der Waals surface area (Å²) in [4.78, 5) is 11.3. The molecule has 7 heteroatoms. The second-order valence-electron chi connectivity index (χ2n) is 3.78. The highest BCUT2D eigenvalue weighted by atomic mass is 33.1. The summed E-state index contributed by atoms with van der Waals surface area (Å²) in [5.74, 6) is 7.39. The molecule has 0 aromatic heterocycles. The molecule has 0 radical (unpaired) electrons. The second kappa shape index (κ2) is 16.5. The molecule has 2 amide bonds. The Hall–Kier alpha value is -0.550. The second-order valence-corrected chi connectivity index (χ2v) is 6.31. The summed E-state index contributed by atoms with van der Waals surface area (Å²) in [6, 6.07) is -0.162. The van der Waals surface area contributed by atoms with E-state index in [0.717, 1.165) is 31.6 Å². The third-order valence-electron chi connectivity index (χ3n) is 2.06. The van der Waals surface area contributed by atoms with Crippen molar-refractivity contribution in [3.8, 4) is 11.8 Å². The number of amides is 2. The number of ether oxygens (including phenoxy) is 1. The minimum Gasteiger partial charge on any atom is -0.370 e. The number of hydrogen-bond acceptors (Lipinski definition) is 5. The monoisotopic (exact) mass is 319 g/mol. The highest BCUT2D eigenvalue weighted by molar-refractivity contribution is 8.76. The van der Waals surface area contributed by atoms with Crippen molar-refractivity contribution in [1.29, 1.82) is 0 Å². The molecule has 0 fully saturated rings. The fourth-order valence-electron chi connectivity index (χ4n) is 1.14. The highest BCUT2D eigenvalue weighted by Gasteiger charge is 1.97. The van der Waals surface area contributed by atoms with E-state index in [1.807, 2.05) is 6.92 Å². The van der Waals surface area contributed by atoms with Crippen LogP contribution in [0.2, 0.25) is 0 Å². The zero-order valence-electron chi connectivity index (χ0n) is 12.1. The van der Waals surface area contributed by atoms with Crippen molar-refractivity contribution in [2.24, 2.45) is 5.73 Å². The smallest absolute Gasteiger partial charge is 0.315 e. The van der Waals surface area contributed by atoms with Crippen LogP contribution in [0.1, 0.15) is 26.2 Å². The van der Waals surface area contributed by atoms with E-state index in [0.29, 0.717) is 25.6 Å². The first-order valence-corrected chi connectivity index (χ1v) is 9.29. The number of nitrogens with two attached hydrogens (primary N) is 1. The first kappa shape index (κ1) is 19.4. The number of carbonyl (C=O) groups is 1. The fourth-order valence-corrected chi connectivity index (χ4v) is 2.66. The molecule has 0 aromatic rings. The fraction of sp³-hybridized carbons (Fsp3) is 0.769. The molecule has 4 N–H and O–H groups in total. The first-order chi connectivity index (χ1) is 9.81. The van der Waals surface area contributed by atoms with E-state index in [1.54, 1.807) is 21.6 Å². The van der Waals surface area contributed by atoms with Crippen LogP contribution in [0.25, 0.3) is 0 Å². The Morgan fingerprint density at radius 3 is 2.85 bits per heavy atom. The molecule has 116 valence electrons. The minimum absolute atomic E-state index is 0.162. The largest absolute Gasteiger partial charge is 0.370 e. The van der Waals surface area contributed by atoms with Gasteiger partial charge in [0.25, 0.3) is 0 Å². The molecule has 0 aliphatic carbocycles. The van der Waals surface area contributed by atoms with E-state index >= 15 is 0 Å². The zero-order chi connectivity index (χ0) is 14.9. The summed E-state index contributed by atoms with van der Waals surface area (Å²) in [5.41, 5.74) is 5.37. The van der Waals surface area contributed by atoms with Crippen LogP contribution in [0.3, 0.4) is 0 Å². The van der Waals surface area contributed by atoms with Crippen molar-refractivity contribution >= 4 is 27.6 Å². The summed E-state index contributed by atoms with van der Waals surface area (Å²) in [6.45, 7) is 4.47. The number of carbonyl (C=O) groups excluding carboxylic acids is 1. The van der Waals surface area contributed by atoms with E-state index in [-0.39, 0.29) is 6.03 Å². The molecular weight excluding hydrogens is 294 g/mol. The predicted molar refractivity (Wildman–Crippen MR) is 88.6 cm³/mol. The van der Waals surface area contributed by atoms with Crippen LogP contribution < -0.4 is 16.4 Å². The first-order valence-electron chi connectivity index (χ1n) is 6.81. The molecule has 0 saturated carbocycles. The summed E-state index contributed by atoms with van der Waals surface area (Å²) >= 11 is 0. The van der Waals surface area contributed by atoms with E-state index in [4.69, 9.17) is 10.5 Å². The van der Waals surface area contributed by atoms with Crippen LogP contribution >= 0.6 is 21.6 Å². The lowest BCUT2D eigenvalue weighted by atomic mass is 10.3. The molecular formula is C13H25N3O2S2. The van der Waals surface area contributed by atoms with E-state index in [9.17, 15) is 4.79 Å². The molecule has 0 spiro atoms. The van der Waals surface area contributed by atoms with Crippen LogP contribution in [0.5, 0.6) is 0 Å². The van der Waals surface area contributed by atoms with Crippen LogP contribution in [-0.2, 0) is 4.74 Å². The Kier molecular flexibility index (Phi) is 16.1. The molecule has 0 aliphatic heterocycles. The molecule has 0 heterocycles. The molecule has 0 aliphatic rings.